The van der Waals surface area contributed by atoms with Crippen LogP contribution in [-0.2, 0) is 11.3 Å². The van der Waals surface area contributed by atoms with Crippen molar-refractivity contribution in [2.75, 3.05) is 6.54 Å². The molecule has 0 aliphatic carbocycles. The van der Waals surface area contributed by atoms with Gasteiger partial charge in [0.15, 0.2) is 0 Å². The van der Waals surface area contributed by atoms with E-state index >= 15 is 0 Å². The normalized spacial score (nSPS) is 11.3. The Hall–Kier alpha value is -4.76. The number of para-hydroxylation sites is 1. The van der Waals surface area contributed by atoms with E-state index in [4.69, 9.17) is 5.10 Å². The molecule has 8 nitrogen and oxygen atoms in total. The molecule has 0 aliphatic heterocycles. The highest BCUT2D eigenvalue weighted by Crippen LogP contribution is 2.29. The molecule has 0 bridgehead atoms. The smallest absolute Gasteiger partial charge is 0.267 e. The summed E-state index contributed by atoms with van der Waals surface area (Å²) in [6.45, 7) is 1.17. The van der Waals surface area contributed by atoms with Crippen LogP contribution in [0.3, 0.4) is 0 Å². The Morgan fingerprint density at radius 1 is 0.974 bits per heavy atom. The average molecular weight is 523 g/mol. The Kier molecular flexibility index (Phi) is 7.86. The molecule has 0 aliphatic rings. The molecular formula is C29H26N6O2S. The number of nitrogens with one attached hydrogen (secondary N) is 2. The van der Waals surface area contributed by atoms with Crippen LogP contribution in [0.2, 0.25) is 0 Å². The van der Waals surface area contributed by atoms with Gasteiger partial charge < -0.3 is 15.2 Å². The second-order valence-corrected chi connectivity index (χ2v) is 9.43. The van der Waals surface area contributed by atoms with Gasteiger partial charge in [0, 0.05) is 42.8 Å². The van der Waals surface area contributed by atoms with Crippen molar-refractivity contribution < 1.29 is 9.59 Å². The minimum absolute atomic E-state index is 0.145. The summed E-state index contributed by atoms with van der Waals surface area (Å²) in [5.41, 5.74) is 2.94. The Bertz CT molecular complexity index is 1510. The first-order valence-electron chi connectivity index (χ1n) is 12.2. The maximum Gasteiger partial charge on any atom is 0.267 e. The summed E-state index contributed by atoms with van der Waals surface area (Å²) in [5, 5.41) is 12.5. The Morgan fingerprint density at radius 3 is 2.47 bits per heavy atom. The molecule has 2 N–H and O–H groups in total. The molecule has 0 unspecified atom stereocenters. The highest BCUT2D eigenvalue weighted by molar-refractivity contribution is 7.13. The van der Waals surface area contributed by atoms with Crippen LogP contribution in [0, 0.1) is 0 Å². The number of rotatable bonds is 10. The fraction of sp³-hybridized carbons (Fsp3) is 0.103. The van der Waals surface area contributed by atoms with Gasteiger partial charge >= 0.3 is 0 Å². The number of hydrogen-bond donors (Lipinski definition) is 2. The lowest BCUT2D eigenvalue weighted by Crippen LogP contribution is -2.35. The predicted octanol–water partition coefficient (Wildman–Crippen LogP) is 4.77. The third kappa shape index (κ3) is 6.13. The van der Waals surface area contributed by atoms with Gasteiger partial charge in [0.05, 0.1) is 16.9 Å². The van der Waals surface area contributed by atoms with Crippen LogP contribution in [0.5, 0.6) is 0 Å². The van der Waals surface area contributed by atoms with Gasteiger partial charge in [-0.1, -0.05) is 42.5 Å². The molecule has 0 atom stereocenters. The van der Waals surface area contributed by atoms with E-state index in [9.17, 15) is 9.59 Å². The lowest BCUT2D eigenvalue weighted by atomic mass is 10.1. The second-order valence-electron chi connectivity index (χ2n) is 8.48. The van der Waals surface area contributed by atoms with E-state index in [1.54, 1.807) is 58.9 Å². The molecule has 5 aromatic rings. The number of carbonyl (C=O) groups excluding carboxylic acids is 2. The number of thiophene rings is 1. The van der Waals surface area contributed by atoms with Crippen molar-refractivity contribution in [1.29, 1.82) is 0 Å². The first-order valence-corrected chi connectivity index (χ1v) is 13.1. The van der Waals surface area contributed by atoms with Crippen LogP contribution >= 0.6 is 11.3 Å². The van der Waals surface area contributed by atoms with Gasteiger partial charge in [0.1, 0.15) is 11.4 Å². The molecule has 190 valence electrons. The molecule has 0 saturated carbocycles. The number of aryl methyl sites for hydroxylation is 1. The fourth-order valence-electron chi connectivity index (χ4n) is 3.89. The van der Waals surface area contributed by atoms with Crippen LogP contribution in [0.1, 0.15) is 22.3 Å². The predicted molar refractivity (Wildman–Crippen MR) is 149 cm³/mol. The zero-order valence-electron chi connectivity index (χ0n) is 20.5. The zero-order chi connectivity index (χ0) is 26.2. The van der Waals surface area contributed by atoms with Gasteiger partial charge in [-0.2, -0.15) is 5.10 Å². The van der Waals surface area contributed by atoms with E-state index in [0.29, 0.717) is 24.1 Å². The lowest BCUT2D eigenvalue weighted by Gasteiger charge is -2.11. The van der Waals surface area contributed by atoms with Gasteiger partial charge in [-0.25, -0.2) is 9.67 Å². The summed E-state index contributed by atoms with van der Waals surface area (Å²) in [5.74, 6) is -0.733. The summed E-state index contributed by atoms with van der Waals surface area (Å²) in [6, 6.07) is 22.5. The second kappa shape index (κ2) is 12.0. The number of nitrogens with zero attached hydrogens (tertiary/aromatic N) is 4. The Labute approximate surface area is 224 Å². The molecule has 0 radical (unpaired) electrons. The minimum Gasteiger partial charge on any atom is -0.351 e. The van der Waals surface area contributed by atoms with Gasteiger partial charge in [-0.15, -0.1) is 11.3 Å². The SMILES string of the molecule is O=C(NCCCn1ccnc1)/C(=C/c1cn(-c2ccccc2)nc1-c1cccs1)NC(=O)c1ccccc1. The molecule has 2 aromatic carbocycles. The van der Waals surface area contributed by atoms with Gasteiger partial charge in [0.2, 0.25) is 0 Å². The molecule has 3 heterocycles. The van der Waals surface area contributed by atoms with E-state index in [1.807, 2.05) is 70.9 Å². The number of aromatic nitrogens is 4. The fourth-order valence-corrected chi connectivity index (χ4v) is 4.62. The quantitative estimate of drug-likeness (QED) is 0.204. The summed E-state index contributed by atoms with van der Waals surface area (Å²) >= 11 is 1.56. The van der Waals surface area contributed by atoms with Crippen LogP contribution in [0.25, 0.3) is 22.3 Å². The monoisotopic (exact) mass is 522 g/mol. The molecule has 0 spiro atoms. The number of benzene rings is 2. The highest BCUT2D eigenvalue weighted by atomic mass is 32.1. The molecule has 3 aromatic heterocycles. The van der Waals surface area contributed by atoms with E-state index < -0.39 is 0 Å². The van der Waals surface area contributed by atoms with Gasteiger partial charge in [-0.05, 0) is 48.2 Å². The molecule has 2 amide bonds. The van der Waals surface area contributed by atoms with Crippen molar-refractivity contribution in [3.8, 4) is 16.3 Å². The van der Waals surface area contributed by atoms with Crippen molar-refractivity contribution in [1.82, 2.24) is 30.0 Å². The summed E-state index contributed by atoms with van der Waals surface area (Å²) < 4.78 is 3.73. The van der Waals surface area contributed by atoms with Crippen LogP contribution in [0.4, 0.5) is 0 Å². The minimum atomic E-state index is -0.371. The van der Waals surface area contributed by atoms with Crippen LogP contribution in [-0.4, -0.2) is 37.7 Å². The highest BCUT2D eigenvalue weighted by Gasteiger charge is 2.18. The largest absolute Gasteiger partial charge is 0.351 e. The molecule has 0 saturated heterocycles. The Morgan fingerprint density at radius 2 is 1.76 bits per heavy atom. The lowest BCUT2D eigenvalue weighted by molar-refractivity contribution is -0.117. The van der Waals surface area contributed by atoms with Gasteiger partial charge in [-0.3, -0.25) is 9.59 Å². The number of carbonyl (C=O) groups is 2. The standard InChI is InChI=1S/C29H26N6O2S/c36-28(22-9-3-1-4-10-22)32-25(29(37)31-14-8-16-34-17-15-30-21-34)19-23-20-35(24-11-5-2-6-12-24)33-27(23)26-13-7-18-38-26/h1-7,9-13,15,17-21H,8,14,16H2,(H,31,37)(H,32,36)/b25-19-. The van der Waals surface area contributed by atoms with Crippen molar-refractivity contribution in [3.05, 3.63) is 120 Å². The Balaban J connectivity index is 1.45. The summed E-state index contributed by atoms with van der Waals surface area (Å²) in [4.78, 5) is 31.3. The van der Waals surface area contributed by atoms with E-state index in [-0.39, 0.29) is 17.5 Å². The van der Waals surface area contributed by atoms with Crippen molar-refractivity contribution in [3.63, 3.8) is 0 Å². The number of hydrogen-bond acceptors (Lipinski definition) is 5. The van der Waals surface area contributed by atoms with Crippen LogP contribution < -0.4 is 10.6 Å². The zero-order valence-corrected chi connectivity index (χ0v) is 21.3. The molecule has 5 rings (SSSR count). The number of imidazole rings is 1. The third-order valence-electron chi connectivity index (χ3n) is 5.78. The van der Waals surface area contributed by atoms with E-state index in [0.717, 1.165) is 22.8 Å². The summed E-state index contributed by atoms with van der Waals surface area (Å²) in [6.07, 6.45) is 9.61. The van der Waals surface area contributed by atoms with Gasteiger partial charge in [0.25, 0.3) is 11.8 Å². The van der Waals surface area contributed by atoms with E-state index in [2.05, 4.69) is 15.6 Å². The third-order valence-corrected chi connectivity index (χ3v) is 6.66. The topological polar surface area (TPSA) is 93.8 Å². The number of amides is 2. The maximum absolute atomic E-state index is 13.3. The first kappa shape index (κ1) is 24.9. The molecule has 9 heteroatoms. The van der Waals surface area contributed by atoms with Crippen LogP contribution in [0.15, 0.2) is 109 Å². The average Bonchev–Trinajstić information content (AvgIpc) is 3.74. The molecular weight excluding hydrogens is 496 g/mol. The van der Waals surface area contributed by atoms with Crippen molar-refractivity contribution >= 4 is 29.2 Å². The first-order chi connectivity index (χ1) is 18.7. The van der Waals surface area contributed by atoms with Crippen molar-refractivity contribution in [2.45, 2.75) is 13.0 Å². The molecule has 38 heavy (non-hydrogen) atoms. The van der Waals surface area contributed by atoms with E-state index in [1.165, 1.54) is 0 Å². The molecule has 0 fully saturated rings. The van der Waals surface area contributed by atoms with Crippen molar-refractivity contribution in [2.24, 2.45) is 0 Å². The summed E-state index contributed by atoms with van der Waals surface area (Å²) in [7, 11) is 0. The maximum atomic E-state index is 13.3.